The van der Waals surface area contributed by atoms with E-state index in [-0.39, 0.29) is 18.1 Å². The van der Waals surface area contributed by atoms with Gasteiger partial charge >= 0.3 is 0 Å². The van der Waals surface area contributed by atoms with Crippen LogP contribution in [0, 0.1) is 5.92 Å². The molecule has 2 rings (SSSR count). The topological polar surface area (TPSA) is 67.2 Å². The fourth-order valence-corrected chi connectivity index (χ4v) is 1.71. The second-order valence-electron chi connectivity index (χ2n) is 3.42. The van der Waals surface area contributed by atoms with Crippen molar-refractivity contribution >= 4 is 6.29 Å². The summed E-state index contributed by atoms with van der Waals surface area (Å²) >= 11 is 0. The van der Waals surface area contributed by atoms with Crippen molar-refractivity contribution in [2.24, 2.45) is 11.7 Å². The fourth-order valence-electron chi connectivity index (χ4n) is 1.71. The van der Waals surface area contributed by atoms with Crippen molar-refractivity contribution in [2.75, 3.05) is 0 Å². The first-order valence-corrected chi connectivity index (χ1v) is 4.60. The molecule has 74 valence electrons. The Morgan fingerprint density at radius 1 is 1.21 bits per heavy atom. The second kappa shape index (κ2) is 3.88. The molecule has 0 bridgehead atoms. The van der Waals surface area contributed by atoms with Gasteiger partial charge in [-0.3, -0.25) is 0 Å². The van der Waals surface area contributed by atoms with E-state index in [9.17, 15) is 4.79 Å². The van der Waals surface area contributed by atoms with Crippen LogP contribution in [0.15, 0.2) is 30.3 Å². The van der Waals surface area contributed by atoms with Crippen LogP contribution in [0.4, 0.5) is 0 Å². The van der Waals surface area contributed by atoms with Crippen molar-refractivity contribution in [3.63, 3.8) is 0 Å². The van der Waals surface area contributed by atoms with Crippen LogP contribution in [0.5, 0.6) is 0 Å². The zero-order valence-corrected chi connectivity index (χ0v) is 7.68. The summed E-state index contributed by atoms with van der Waals surface area (Å²) in [5, 5.41) is 0. The molecule has 3 atom stereocenters. The van der Waals surface area contributed by atoms with E-state index in [2.05, 4.69) is 10.9 Å². The number of hydrazine groups is 1. The summed E-state index contributed by atoms with van der Waals surface area (Å²) in [5.74, 6) is -0.211. The van der Waals surface area contributed by atoms with Crippen molar-refractivity contribution in [3.05, 3.63) is 35.9 Å². The molecule has 1 aliphatic rings. The number of hydrogen-bond donors (Lipinski definition) is 3. The van der Waals surface area contributed by atoms with Crippen molar-refractivity contribution in [3.8, 4) is 0 Å². The van der Waals surface area contributed by atoms with Gasteiger partial charge in [0.15, 0.2) is 0 Å². The lowest BCUT2D eigenvalue weighted by Gasteiger charge is -2.14. The van der Waals surface area contributed by atoms with Crippen molar-refractivity contribution in [1.82, 2.24) is 10.9 Å². The summed E-state index contributed by atoms with van der Waals surface area (Å²) in [6.45, 7) is 0. The highest BCUT2D eigenvalue weighted by atomic mass is 16.1. The maximum Gasteiger partial charge on any atom is 0.127 e. The summed E-state index contributed by atoms with van der Waals surface area (Å²) in [5.41, 5.74) is 12.7. The van der Waals surface area contributed by atoms with E-state index in [1.165, 1.54) is 0 Å². The van der Waals surface area contributed by atoms with Gasteiger partial charge in [0.25, 0.3) is 0 Å². The molecule has 0 spiro atoms. The predicted molar refractivity (Wildman–Crippen MR) is 53.0 cm³/mol. The fraction of sp³-hybridized carbons (Fsp3) is 0.300. The van der Waals surface area contributed by atoms with E-state index in [0.717, 1.165) is 11.8 Å². The molecule has 4 heteroatoms. The molecule has 1 heterocycles. The summed E-state index contributed by atoms with van der Waals surface area (Å²) < 4.78 is 0. The Morgan fingerprint density at radius 3 is 2.57 bits per heavy atom. The smallest absolute Gasteiger partial charge is 0.127 e. The van der Waals surface area contributed by atoms with Gasteiger partial charge in [-0.15, -0.1) is 0 Å². The number of aldehydes is 1. The molecule has 0 saturated carbocycles. The Bertz CT molecular complexity index is 314. The van der Waals surface area contributed by atoms with Crippen LogP contribution in [0.25, 0.3) is 0 Å². The summed E-state index contributed by atoms with van der Waals surface area (Å²) in [6.07, 6.45) is 0.590. The van der Waals surface area contributed by atoms with Crippen LogP contribution < -0.4 is 16.6 Å². The molecule has 0 aliphatic carbocycles. The Balaban J connectivity index is 2.23. The first kappa shape index (κ1) is 9.33. The van der Waals surface area contributed by atoms with Crippen molar-refractivity contribution in [1.29, 1.82) is 0 Å². The Hall–Kier alpha value is -1.23. The van der Waals surface area contributed by atoms with Crippen LogP contribution in [-0.4, -0.2) is 12.5 Å². The second-order valence-corrected chi connectivity index (χ2v) is 3.42. The third kappa shape index (κ3) is 1.55. The van der Waals surface area contributed by atoms with Crippen LogP contribution in [0.2, 0.25) is 0 Å². The first-order chi connectivity index (χ1) is 6.83. The number of rotatable bonds is 2. The summed E-state index contributed by atoms with van der Waals surface area (Å²) in [4.78, 5) is 10.8. The van der Waals surface area contributed by atoms with Crippen LogP contribution in [-0.2, 0) is 4.79 Å². The number of carbonyl (C=O) groups is 1. The van der Waals surface area contributed by atoms with Gasteiger partial charge in [0.05, 0.1) is 18.1 Å². The molecule has 1 fully saturated rings. The quantitative estimate of drug-likeness (QED) is 0.573. The van der Waals surface area contributed by atoms with E-state index in [4.69, 9.17) is 5.73 Å². The lowest BCUT2D eigenvalue weighted by Crippen LogP contribution is -2.39. The summed E-state index contributed by atoms with van der Waals surface area (Å²) in [6, 6.07) is 9.78. The molecule has 0 amide bonds. The zero-order chi connectivity index (χ0) is 9.97. The average Bonchev–Trinajstić information content (AvgIpc) is 2.61. The highest BCUT2D eigenvalue weighted by molar-refractivity contribution is 5.57. The van der Waals surface area contributed by atoms with Crippen molar-refractivity contribution in [2.45, 2.75) is 12.2 Å². The molecule has 4 nitrogen and oxygen atoms in total. The third-order valence-corrected chi connectivity index (χ3v) is 2.52. The molecule has 3 unspecified atom stereocenters. The molecule has 1 aromatic carbocycles. The SMILES string of the molecule is NC1NNC(c2ccccc2)C1C=O. The number of carbonyl (C=O) groups excluding carboxylic acids is 1. The standard InChI is InChI=1S/C10H13N3O/c11-10-8(6-14)9(12-13-10)7-4-2-1-3-5-7/h1-6,8-10,12-13H,11H2. The molecule has 4 N–H and O–H groups in total. The van der Waals surface area contributed by atoms with Gasteiger partial charge in [-0.2, -0.15) is 0 Å². The lowest BCUT2D eigenvalue weighted by atomic mass is 9.94. The van der Waals surface area contributed by atoms with Crippen LogP contribution in [0.1, 0.15) is 11.6 Å². The average molecular weight is 191 g/mol. The summed E-state index contributed by atoms with van der Waals surface area (Å²) in [7, 11) is 0. The van der Waals surface area contributed by atoms with Gasteiger partial charge in [-0.1, -0.05) is 30.3 Å². The minimum Gasteiger partial charge on any atom is -0.314 e. The Morgan fingerprint density at radius 2 is 1.93 bits per heavy atom. The van der Waals surface area contributed by atoms with Gasteiger partial charge in [-0.05, 0) is 5.56 Å². The van der Waals surface area contributed by atoms with Gasteiger partial charge in [0.2, 0.25) is 0 Å². The number of nitrogens with two attached hydrogens (primary N) is 1. The van der Waals surface area contributed by atoms with Gasteiger partial charge < -0.3 is 10.5 Å². The predicted octanol–water partition coefficient (Wildman–Crippen LogP) is -0.0646. The maximum atomic E-state index is 10.8. The minimum absolute atomic E-state index is 0.0244. The van der Waals surface area contributed by atoms with E-state index in [1.54, 1.807) is 0 Å². The van der Waals surface area contributed by atoms with Crippen LogP contribution in [0.3, 0.4) is 0 Å². The monoisotopic (exact) mass is 191 g/mol. The van der Waals surface area contributed by atoms with Gasteiger partial charge in [0.1, 0.15) is 6.29 Å². The maximum absolute atomic E-state index is 10.8. The molecule has 1 aromatic rings. The van der Waals surface area contributed by atoms with E-state index < -0.39 is 0 Å². The Labute approximate surface area is 82.5 Å². The van der Waals surface area contributed by atoms with E-state index in [0.29, 0.717) is 0 Å². The molecular weight excluding hydrogens is 178 g/mol. The minimum atomic E-state index is -0.308. The zero-order valence-electron chi connectivity index (χ0n) is 7.68. The molecule has 0 radical (unpaired) electrons. The van der Waals surface area contributed by atoms with Gasteiger partial charge in [0, 0.05) is 0 Å². The molecule has 14 heavy (non-hydrogen) atoms. The molecule has 1 aliphatic heterocycles. The lowest BCUT2D eigenvalue weighted by molar-refractivity contribution is -0.111. The third-order valence-electron chi connectivity index (χ3n) is 2.52. The molecule has 1 saturated heterocycles. The molecular formula is C10H13N3O. The van der Waals surface area contributed by atoms with Crippen LogP contribution >= 0.6 is 0 Å². The number of nitrogens with one attached hydrogen (secondary N) is 2. The highest BCUT2D eigenvalue weighted by Gasteiger charge is 2.33. The highest BCUT2D eigenvalue weighted by Crippen LogP contribution is 2.24. The largest absolute Gasteiger partial charge is 0.314 e. The normalized spacial score (nSPS) is 31.6. The van der Waals surface area contributed by atoms with E-state index >= 15 is 0 Å². The Kier molecular flexibility index (Phi) is 2.58. The number of benzene rings is 1. The van der Waals surface area contributed by atoms with Crippen molar-refractivity contribution < 1.29 is 4.79 Å². The van der Waals surface area contributed by atoms with Gasteiger partial charge in [-0.25, -0.2) is 10.9 Å². The molecule has 0 aromatic heterocycles. The first-order valence-electron chi connectivity index (χ1n) is 4.60. The number of hydrogen-bond acceptors (Lipinski definition) is 4. The van der Waals surface area contributed by atoms with E-state index in [1.807, 2.05) is 30.3 Å².